The highest BCUT2D eigenvalue weighted by atomic mass is 16.3. The van der Waals surface area contributed by atoms with Crippen LogP contribution in [0.1, 0.15) is 24.6 Å². The minimum atomic E-state index is -0.489. The van der Waals surface area contributed by atoms with Gasteiger partial charge in [-0.1, -0.05) is 30.3 Å². The van der Waals surface area contributed by atoms with Gasteiger partial charge in [0.05, 0.1) is 6.10 Å². The summed E-state index contributed by atoms with van der Waals surface area (Å²) in [6, 6.07) is 11.2. The van der Waals surface area contributed by atoms with Crippen molar-refractivity contribution in [1.29, 1.82) is 0 Å². The number of carbonyl (C=O) groups is 1. The van der Waals surface area contributed by atoms with Crippen LogP contribution in [0.25, 0.3) is 0 Å². The summed E-state index contributed by atoms with van der Waals surface area (Å²) in [5, 5.41) is 14.5. The lowest BCUT2D eigenvalue weighted by Gasteiger charge is -2.36. The van der Waals surface area contributed by atoms with Crippen LogP contribution in [0.4, 0.5) is 0 Å². The van der Waals surface area contributed by atoms with E-state index in [4.69, 9.17) is 0 Å². The second kappa shape index (κ2) is 7.59. The van der Waals surface area contributed by atoms with Gasteiger partial charge in [0.1, 0.15) is 6.04 Å². The van der Waals surface area contributed by atoms with Gasteiger partial charge in [0.2, 0.25) is 5.91 Å². The Balaban J connectivity index is 1.50. The summed E-state index contributed by atoms with van der Waals surface area (Å²) in [5.41, 5.74) is 0.934. The Kier molecular flexibility index (Phi) is 5.27. The Morgan fingerprint density at radius 3 is 2.50 bits per heavy atom. The fourth-order valence-corrected chi connectivity index (χ4v) is 3.06. The average Bonchev–Trinajstić information content (AvgIpc) is 3.16. The topological polar surface area (TPSA) is 61.6 Å². The first-order chi connectivity index (χ1) is 11.6. The number of hydrogen-bond acceptors (Lipinski definition) is 4. The lowest BCUT2D eigenvalue weighted by molar-refractivity contribution is -0.136. The Bertz CT molecular complexity index is 636. The first-order valence-electron chi connectivity index (χ1n) is 8.38. The molecule has 0 radical (unpaired) electrons. The molecule has 0 saturated carbocycles. The van der Waals surface area contributed by atoms with Crippen molar-refractivity contribution < 1.29 is 9.90 Å². The summed E-state index contributed by atoms with van der Waals surface area (Å²) in [7, 11) is 0. The van der Waals surface area contributed by atoms with Crippen LogP contribution >= 0.6 is 0 Å². The van der Waals surface area contributed by atoms with Crippen molar-refractivity contribution in [3.8, 4) is 0 Å². The third-order valence-corrected chi connectivity index (χ3v) is 4.58. The van der Waals surface area contributed by atoms with Gasteiger partial charge in [0.25, 0.3) is 0 Å². The Hall–Kier alpha value is -2.18. The molecule has 3 rings (SSSR count). The van der Waals surface area contributed by atoms with Crippen LogP contribution in [0.3, 0.4) is 0 Å². The highest BCUT2D eigenvalue weighted by Gasteiger charge is 2.26. The molecule has 1 aromatic heterocycles. The molecule has 2 aromatic rings. The summed E-state index contributed by atoms with van der Waals surface area (Å²) in [6.07, 6.45) is 3.01. The van der Waals surface area contributed by atoms with Crippen LogP contribution in [-0.4, -0.2) is 63.3 Å². The number of aliphatic hydroxyl groups excluding tert-OH is 1. The smallest absolute Gasteiger partial charge is 0.247 e. The van der Waals surface area contributed by atoms with Crippen molar-refractivity contribution in [1.82, 2.24) is 19.6 Å². The third kappa shape index (κ3) is 3.83. The Labute approximate surface area is 142 Å². The predicted molar refractivity (Wildman–Crippen MR) is 91.4 cm³/mol. The number of benzene rings is 1. The van der Waals surface area contributed by atoms with Crippen molar-refractivity contribution in [2.45, 2.75) is 19.1 Å². The minimum Gasteiger partial charge on any atom is -0.387 e. The average molecular weight is 328 g/mol. The van der Waals surface area contributed by atoms with Crippen LogP contribution in [0.5, 0.6) is 0 Å². The zero-order valence-corrected chi connectivity index (χ0v) is 14.0. The number of hydrogen-bond donors (Lipinski definition) is 1. The third-order valence-electron chi connectivity index (χ3n) is 4.58. The molecule has 1 N–H and O–H groups in total. The number of nitrogens with zero attached hydrogens (tertiary/aromatic N) is 4. The summed E-state index contributed by atoms with van der Waals surface area (Å²) in [6.45, 7) is 5.41. The van der Waals surface area contributed by atoms with Gasteiger partial charge < -0.3 is 10.0 Å². The van der Waals surface area contributed by atoms with Crippen LogP contribution in [0, 0.1) is 0 Å². The van der Waals surface area contributed by atoms with Crippen molar-refractivity contribution in [3.63, 3.8) is 0 Å². The van der Waals surface area contributed by atoms with Crippen LogP contribution in [0.2, 0.25) is 0 Å². The van der Waals surface area contributed by atoms with Gasteiger partial charge in [-0.2, -0.15) is 5.10 Å². The number of piperazine rings is 1. The molecule has 1 aliphatic rings. The normalized spacial score (nSPS) is 18.3. The zero-order chi connectivity index (χ0) is 16.9. The van der Waals surface area contributed by atoms with Gasteiger partial charge in [-0.15, -0.1) is 0 Å². The molecule has 1 aliphatic heterocycles. The zero-order valence-electron chi connectivity index (χ0n) is 14.0. The van der Waals surface area contributed by atoms with E-state index in [9.17, 15) is 9.90 Å². The van der Waals surface area contributed by atoms with Crippen molar-refractivity contribution in [2.75, 3.05) is 32.7 Å². The van der Waals surface area contributed by atoms with Crippen LogP contribution < -0.4 is 0 Å². The van der Waals surface area contributed by atoms with Crippen molar-refractivity contribution in [3.05, 3.63) is 54.4 Å². The number of aliphatic hydroxyl groups is 1. The molecule has 0 spiro atoms. The molecule has 1 aromatic carbocycles. The fourth-order valence-electron chi connectivity index (χ4n) is 3.06. The van der Waals surface area contributed by atoms with E-state index in [1.165, 1.54) is 0 Å². The molecule has 2 unspecified atom stereocenters. The van der Waals surface area contributed by atoms with Gasteiger partial charge in [-0.05, 0) is 18.6 Å². The molecule has 1 saturated heterocycles. The molecule has 6 nitrogen and oxygen atoms in total. The highest BCUT2D eigenvalue weighted by Crippen LogP contribution is 2.16. The SMILES string of the molecule is CC(C(=O)N1CCN(CC(O)c2ccccc2)CC1)n1cccn1. The monoisotopic (exact) mass is 328 g/mol. The second-order valence-electron chi connectivity index (χ2n) is 6.21. The molecule has 2 heterocycles. The number of amides is 1. The summed E-state index contributed by atoms with van der Waals surface area (Å²) in [5.74, 6) is 0.0990. The Morgan fingerprint density at radius 1 is 1.17 bits per heavy atom. The maximum atomic E-state index is 12.5. The van der Waals surface area contributed by atoms with Gasteiger partial charge in [0.15, 0.2) is 0 Å². The minimum absolute atomic E-state index is 0.0990. The molecule has 24 heavy (non-hydrogen) atoms. The molecule has 1 amide bonds. The second-order valence-corrected chi connectivity index (χ2v) is 6.21. The van der Waals surface area contributed by atoms with E-state index in [-0.39, 0.29) is 11.9 Å². The number of aromatic nitrogens is 2. The number of rotatable bonds is 5. The van der Waals surface area contributed by atoms with Gasteiger partial charge in [-0.25, -0.2) is 0 Å². The predicted octanol–water partition coefficient (Wildman–Crippen LogP) is 1.32. The van der Waals surface area contributed by atoms with Crippen molar-refractivity contribution >= 4 is 5.91 Å². The van der Waals surface area contributed by atoms with Crippen LogP contribution in [-0.2, 0) is 4.79 Å². The van der Waals surface area contributed by atoms with Gasteiger partial charge in [-0.3, -0.25) is 14.4 Å². The first kappa shape index (κ1) is 16.7. The molecular formula is C18H24N4O2. The van der Waals surface area contributed by atoms with E-state index in [1.54, 1.807) is 10.9 Å². The van der Waals surface area contributed by atoms with E-state index < -0.39 is 6.10 Å². The van der Waals surface area contributed by atoms with E-state index in [0.717, 1.165) is 18.7 Å². The first-order valence-corrected chi connectivity index (χ1v) is 8.38. The quantitative estimate of drug-likeness (QED) is 0.899. The summed E-state index contributed by atoms with van der Waals surface area (Å²) < 4.78 is 1.69. The standard InChI is InChI=1S/C18H24N4O2/c1-15(22-9-5-8-19-22)18(24)21-12-10-20(11-13-21)14-17(23)16-6-3-2-4-7-16/h2-9,15,17,23H,10-14H2,1H3. The molecule has 2 atom stereocenters. The molecule has 0 aliphatic carbocycles. The maximum absolute atomic E-state index is 12.5. The number of carbonyl (C=O) groups excluding carboxylic acids is 1. The maximum Gasteiger partial charge on any atom is 0.247 e. The molecule has 6 heteroatoms. The molecule has 0 bridgehead atoms. The van der Waals surface area contributed by atoms with Crippen LogP contribution in [0.15, 0.2) is 48.8 Å². The van der Waals surface area contributed by atoms with E-state index in [1.807, 2.05) is 54.4 Å². The number of β-amino-alcohol motifs (C(OH)–C–C–N with tert-alkyl or cyclic N) is 1. The summed E-state index contributed by atoms with van der Waals surface area (Å²) >= 11 is 0. The largest absolute Gasteiger partial charge is 0.387 e. The van der Waals surface area contributed by atoms with E-state index >= 15 is 0 Å². The molecule has 128 valence electrons. The lowest BCUT2D eigenvalue weighted by Crippen LogP contribution is -2.51. The molecular weight excluding hydrogens is 304 g/mol. The van der Waals surface area contributed by atoms with Gasteiger partial charge in [0, 0.05) is 45.1 Å². The lowest BCUT2D eigenvalue weighted by atomic mass is 10.1. The fraction of sp³-hybridized carbons (Fsp3) is 0.444. The summed E-state index contributed by atoms with van der Waals surface area (Å²) in [4.78, 5) is 16.6. The van der Waals surface area contributed by atoms with E-state index in [0.29, 0.717) is 19.6 Å². The van der Waals surface area contributed by atoms with Gasteiger partial charge >= 0.3 is 0 Å². The van der Waals surface area contributed by atoms with E-state index in [2.05, 4.69) is 10.00 Å². The van der Waals surface area contributed by atoms with Crippen molar-refractivity contribution in [2.24, 2.45) is 0 Å². The molecule has 1 fully saturated rings. The Morgan fingerprint density at radius 2 is 1.88 bits per heavy atom. The highest BCUT2D eigenvalue weighted by molar-refractivity contribution is 5.80.